The smallest absolute Gasteiger partial charge is 0.304 e. The Morgan fingerprint density at radius 3 is 2.86 bits per heavy atom. The molecule has 7 nitrogen and oxygen atoms in total. The Morgan fingerprint density at radius 1 is 1.64 bits per heavy atom. The summed E-state index contributed by atoms with van der Waals surface area (Å²) in [6, 6.07) is 1.28. The number of nitrogens with zero attached hydrogens (tertiary/aromatic N) is 1. The van der Waals surface area contributed by atoms with Crippen LogP contribution in [0.3, 0.4) is 0 Å². The predicted molar refractivity (Wildman–Crippen MR) is 46.0 cm³/mol. The zero-order valence-corrected chi connectivity index (χ0v) is 7.91. The van der Waals surface area contributed by atoms with E-state index in [1.165, 1.54) is 12.3 Å². The van der Waals surface area contributed by atoms with Crippen molar-refractivity contribution in [2.45, 2.75) is 11.4 Å². The number of hydrogen-bond acceptors (Lipinski definition) is 4. The van der Waals surface area contributed by atoms with E-state index in [1.54, 1.807) is 0 Å². The lowest BCUT2D eigenvalue weighted by atomic mass is 10.5. The van der Waals surface area contributed by atoms with Gasteiger partial charge in [0, 0.05) is 6.54 Å². The van der Waals surface area contributed by atoms with Crippen LogP contribution in [0, 0.1) is 0 Å². The third-order valence-electron chi connectivity index (χ3n) is 1.40. The van der Waals surface area contributed by atoms with Gasteiger partial charge in [0.2, 0.25) is 0 Å². The lowest BCUT2D eigenvalue weighted by molar-refractivity contribution is -0.136. The maximum atomic E-state index is 11.3. The van der Waals surface area contributed by atoms with Crippen molar-refractivity contribution in [3.05, 3.63) is 12.3 Å². The Morgan fingerprint density at radius 2 is 2.36 bits per heavy atom. The van der Waals surface area contributed by atoms with Crippen LogP contribution in [0.2, 0.25) is 0 Å². The molecule has 0 unspecified atom stereocenters. The van der Waals surface area contributed by atoms with E-state index in [2.05, 4.69) is 14.9 Å². The van der Waals surface area contributed by atoms with Gasteiger partial charge in [0.1, 0.15) is 0 Å². The Hall–Kier alpha value is -1.41. The van der Waals surface area contributed by atoms with E-state index in [0.717, 1.165) is 0 Å². The van der Waals surface area contributed by atoms with Gasteiger partial charge in [-0.2, -0.15) is 5.10 Å². The number of aromatic amines is 1. The Bertz CT molecular complexity index is 397. The van der Waals surface area contributed by atoms with Crippen LogP contribution in [0.1, 0.15) is 6.42 Å². The summed E-state index contributed by atoms with van der Waals surface area (Å²) in [5.74, 6) is -1.06. The topological polar surface area (TPSA) is 112 Å². The Balaban J connectivity index is 2.56. The fourth-order valence-electron chi connectivity index (χ4n) is 0.763. The molecule has 0 saturated heterocycles. The Kier molecular flexibility index (Phi) is 3.20. The highest BCUT2D eigenvalue weighted by Crippen LogP contribution is 2.01. The van der Waals surface area contributed by atoms with Crippen molar-refractivity contribution < 1.29 is 18.3 Å². The molecule has 8 heteroatoms. The molecule has 0 bridgehead atoms. The largest absolute Gasteiger partial charge is 0.481 e. The number of aliphatic carboxylic acids is 1. The van der Waals surface area contributed by atoms with E-state index in [-0.39, 0.29) is 18.0 Å². The second-order valence-electron chi connectivity index (χ2n) is 2.46. The molecule has 0 aliphatic rings. The van der Waals surface area contributed by atoms with Gasteiger partial charge in [-0.15, -0.1) is 0 Å². The number of rotatable bonds is 5. The number of carbonyl (C=O) groups is 1. The van der Waals surface area contributed by atoms with Gasteiger partial charge in [-0.25, -0.2) is 13.1 Å². The molecule has 0 amide bonds. The summed E-state index contributed by atoms with van der Waals surface area (Å²) in [6.45, 7) is -0.142. The van der Waals surface area contributed by atoms with Crippen molar-refractivity contribution >= 4 is 16.0 Å². The maximum Gasteiger partial charge on any atom is 0.304 e. The molecule has 0 radical (unpaired) electrons. The first kappa shape index (κ1) is 10.7. The number of hydrogen-bond donors (Lipinski definition) is 3. The van der Waals surface area contributed by atoms with Crippen LogP contribution in [-0.4, -0.2) is 36.2 Å². The van der Waals surface area contributed by atoms with Gasteiger partial charge >= 0.3 is 5.97 Å². The third kappa shape index (κ3) is 2.82. The maximum absolute atomic E-state index is 11.3. The molecule has 0 atom stereocenters. The third-order valence-corrected chi connectivity index (χ3v) is 2.79. The number of carboxylic acid groups (broad SMARTS) is 1. The van der Waals surface area contributed by atoms with Gasteiger partial charge in [-0.3, -0.25) is 9.89 Å². The summed E-state index contributed by atoms with van der Waals surface area (Å²) in [6.07, 6.45) is 1.04. The summed E-state index contributed by atoms with van der Waals surface area (Å²) in [4.78, 5) is 10.1. The van der Waals surface area contributed by atoms with Crippen molar-refractivity contribution in [2.75, 3.05) is 6.54 Å². The van der Waals surface area contributed by atoms with Crippen LogP contribution in [-0.2, 0) is 14.8 Å². The van der Waals surface area contributed by atoms with E-state index in [9.17, 15) is 13.2 Å². The molecule has 0 spiro atoms. The Labute approximate surface area is 80.2 Å². The first-order valence-electron chi connectivity index (χ1n) is 3.73. The van der Waals surface area contributed by atoms with E-state index in [1.807, 2.05) is 0 Å². The second-order valence-corrected chi connectivity index (χ2v) is 4.20. The van der Waals surface area contributed by atoms with Crippen LogP contribution >= 0.6 is 0 Å². The molecule has 0 aliphatic heterocycles. The molecule has 1 heterocycles. The summed E-state index contributed by atoms with van der Waals surface area (Å²) in [5, 5.41) is 13.9. The second kappa shape index (κ2) is 4.20. The number of H-pyrrole nitrogens is 1. The average molecular weight is 219 g/mol. The minimum atomic E-state index is -3.64. The summed E-state index contributed by atoms with van der Waals surface area (Å²) in [5.41, 5.74) is 0. The quantitative estimate of drug-likeness (QED) is 0.598. The zero-order valence-electron chi connectivity index (χ0n) is 7.10. The lowest BCUT2D eigenvalue weighted by Gasteiger charge is -2.01. The number of carboxylic acids is 1. The number of aromatic nitrogens is 2. The fraction of sp³-hybridized carbons (Fsp3) is 0.333. The zero-order chi connectivity index (χ0) is 10.6. The lowest BCUT2D eigenvalue weighted by Crippen LogP contribution is -2.26. The molecule has 78 valence electrons. The summed E-state index contributed by atoms with van der Waals surface area (Å²) < 4.78 is 24.7. The van der Waals surface area contributed by atoms with Crippen molar-refractivity contribution in [2.24, 2.45) is 0 Å². The highest BCUT2D eigenvalue weighted by Gasteiger charge is 2.14. The monoisotopic (exact) mass is 219 g/mol. The van der Waals surface area contributed by atoms with Crippen molar-refractivity contribution in [1.82, 2.24) is 14.9 Å². The molecular formula is C6H9N3O4S. The fourth-order valence-corrected chi connectivity index (χ4v) is 1.70. The molecule has 0 fully saturated rings. The standard InChI is InChI=1S/C6H9N3O4S/c10-6(11)2-4-8-14(12,13)5-1-3-7-9-5/h1,3,8H,2,4H2,(H,7,9)(H,10,11). The van der Waals surface area contributed by atoms with Gasteiger partial charge in [0.25, 0.3) is 10.0 Å². The summed E-state index contributed by atoms with van der Waals surface area (Å²) >= 11 is 0. The molecule has 0 saturated carbocycles. The first-order chi connectivity index (χ1) is 6.52. The molecule has 3 N–H and O–H groups in total. The molecule has 1 aromatic rings. The first-order valence-corrected chi connectivity index (χ1v) is 5.21. The summed E-state index contributed by atoms with van der Waals surface area (Å²) in [7, 11) is -3.64. The van der Waals surface area contributed by atoms with E-state index in [0.29, 0.717) is 0 Å². The van der Waals surface area contributed by atoms with Gasteiger partial charge in [0.05, 0.1) is 12.6 Å². The number of sulfonamides is 1. The van der Waals surface area contributed by atoms with Crippen LogP contribution in [0.25, 0.3) is 0 Å². The predicted octanol–water partition coefficient (Wildman–Crippen LogP) is -0.837. The molecule has 0 aromatic carbocycles. The van der Waals surface area contributed by atoms with E-state index in [4.69, 9.17) is 5.11 Å². The molecule has 1 rings (SSSR count). The van der Waals surface area contributed by atoms with Crippen molar-refractivity contribution in [3.8, 4) is 0 Å². The highest BCUT2D eigenvalue weighted by molar-refractivity contribution is 7.89. The van der Waals surface area contributed by atoms with E-state index < -0.39 is 16.0 Å². The van der Waals surface area contributed by atoms with Crippen molar-refractivity contribution in [3.63, 3.8) is 0 Å². The van der Waals surface area contributed by atoms with Crippen LogP contribution in [0.5, 0.6) is 0 Å². The normalized spacial score (nSPS) is 11.4. The minimum absolute atomic E-state index is 0.0807. The molecular weight excluding hydrogens is 210 g/mol. The van der Waals surface area contributed by atoms with Gasteiger partial charge in [-0.1, -0.05) is 0 Å². The van der Waals surface area contributed by atoms with Gasteiger partial charge in [0.15, 0.2) is 5.03 Å². The SMILES string of the molecule is O=C(O)CCNS(=O)(=O)c1ccn[nH]1. The van der Waals surface area contributed by atoms with Gasteiger partial charge in [-0.05, 0) is 6.07 Å². The molecule has 14 heavy (non-hydrogen) atoms. The highest BCUT2D eigenvalue weighted by atomic mass is 32.2. The minimum Gasteiger partial charge on any atom is -0.481 e. The average Bonchev–Trinajstić information content (AvgIpc) is 2.54. The van der Waals surface area contributed by atoms with Crippen molar-refractivity contribution in [1.29, 1.82) is 0 Å². The van der Waals surface area contributed by atoms with Crippen LogP contribution in [0.15, 0.2) is 17.3 Å². The van der Waals surface area contributed by atoms with Gasteiger partial charge < -0.3 is 5.11 Å². The number of nitrogens with one attached hydrogen (secondary N) is 2. The van der Waals surface area contributed by atoms with Crippen LogP contribution < -0.4 is 4.72 Å². The van der Waals surface area contributed by atoms with Crippen LogP contribution in [0.4, 0.5) is 0 Å². The molecule has 1 aromatic heterocycles. The van der Waals surface area contributed by atoms with E-state index >= 15 is 0 Å². The molecule has 0 aliphatic carbocycles.